The molecular weight excluding hydrogens is 407 g/mol. The second-order valence-corrected chi connectivity index (χ2v) is 9.47. The lowest BCUT2D eigenvalue weighted by Gasteiger charge is -2.03. The molecule has 0 N–H and O–H groups in total. The van der Waals surface area contributed by atoms with Crippen LogP contribution in [-0.2, 0) is 22.0 Å². The van der Waals surface area contributed by atoms with Crippen molar-refractivity contribution >= 4 is 37.5 Å². The molecule has 9 heteroatoms. The number of benzene rings is 1. The standard InChI is InChI=1S/C14H14BrFN2O3S2/c15-12-6-11(16)2-1-10(12)7-22-14-18-17-13(21-14)5-9-3-4-23(19,20)8-9/h1-2,6,9H,3-5,7-8H2. The van der Waals surface area contributed by atoms with Gasteiger partial charge >= 0.3 is 0 Å². The summed E-state index contributed by atoms with van der Waals surface area (Å²) in [5.41, 5.74) is 0.929. The molecule has 0 aliphatic carbocycles. The molecule has 1 unspecified atom stereocenters. The molecule has 2 aromatic rings. The van der Waals surface area contributed by atoms with Gasteiger partial charge < -0.3 is 4.42 Å². The predicted octanol–water partition coefficient (Wildman–Crippen LogP) is 3.24. The Balaban J connectivity index is 1.57. The normalized spacial score (nSPS) is 20.0. The maximum atomic E-state index is 13.0. The van der Waals surface area contributed by atoms with Crippen LogP contribution in [0, 0.1) is 11.7 Å². The van der Waals surface area contributed by atoms with Gasteiger partial charge in [0.25, 0.3) is 5.22 Å². The van der Waals surface area contributed by atoms with Crippen LogP contribution >= 0.6 is 27.7 Å². The van der Waals surface area contributed by atoms with E-state index in [-0.39, 0.29) is 23.2 Å². The number of hydrogen-bond donors (Lipinski definition) is 0. The minimum Gasteiger partial charge on any atom is -0.416 e. The zero-order valence-corrected chi connectivity index (χ0v) is 15.3. The van der Waals surface area contributed by atoms with Gasteiger partial charge in [-0.2, -0.15) is 0 Å². The van der Waals surface area contributed by atoms with Crippen molar-refractivity contribution in [2.75, 3.05) is 11.5 Å². The first-order valence-electron chi connectivity index (χ1n) is 7.01. The summed E-state index contributed by atoms with van der Waals surface area (Å²) in [6, 6.07) is 4.52. The Morgan fingerprint density at radius 1 is 1.39 bits per heavy atom. The Hall–Kier alpha value is -0.930. The maximum Gasteiger partial charge on any atom is 0.276 e. The van der Waals surface area contributed by atoms with Crippen molar-refractivity contribution in [3.05, 3.63) is 39.9 Å². The van der Waals surface area contributed by atoms with E-state index in [0.29, 0.717) is 34.2 Å². The van der Waals surface area contributed by atoms with Crippen molar-refractivity contribution < 1.29 is 17.2 Å². The zero-order chi connectivity index (χ0) is 16.4. The lowest BCUT2D eigenvalue weighted by molar-refractivity contribution is 0.389. The van der Waals surface area contributed by atoms with Crippen molar-refractivity contribution in [3.63, 3.8) is 0 Å². The van der Waals surface area contributed by atoms with E-state index in [4.69, 9.17) is 4.42 Å². The Bertz CT molecular complexity index is 810. The van der Waals surface area contributed by atoms with E-state index in [0.717, 1.165) is 5.56 Å². The van der Waals surface area contributed by atoms with E-state index in [1.165, 1.54) is 23.9 Å². The van der Waals surface area contributed by atoms with E-state index < -0.39 is 9.84 Å². The second kappa shape index (κ2) is 6.90. The van der Waals surface area contributed by atoms with Gasteiger partial charge in [-0.3, -0.25) is 0 Å². The van der Waals surface area contributed by atoms with Crippen LogP contribution in [0.15, 0.2) is 32.3 Å². The molecular formula is C14H14BrFN2O3S2. The number of halogens is 2. The van der Waals surface area contributed by atoms with Gasteiger partial charge in [-0.15, -0.1) is 10.2 Å². The molecule has 1 saturated heterocycles. The Kier molecular flexibility index (Phi) is 5.07. The molecule has 1 aliphatic heterocycles. The topological polar surface area (TPSA) is 73.1 Å². The molecule has 0 bridgehead atoms. The highest BCUT2D eigenvalue weighted by Crippen LogP contribution is 2.28. The number of hydrogen-bond acceptors (Lipinski definition) is 6. The minimum absolute atomic E-state index is 0.0598. The van der Waals surface area contributed by atoms with Crippen LogP contribution in [0.25, 0.3) is 0 Å². The SMILES string of the molecule is O=S1(=O)CCC(Cc2nnc(SCc3ccc(F)cc3Br)o2)C1. The number of nitrogens with zero attached hydrogens (tertiary/aromatic N) is 2. The highest BCUT2D eigenvalue weighted by Gasteiger charge is 2.29. The van der Waals surface area contributed by atoms with Gasteiger partial charge in [-0.25, -0.2) is 12.8 Å². The molecule has 1 aromatic carbocycles. The lowest BCUT2D eigenvalue weighted by atomic mass is 10.1. The largest absolute Gasteiger partial charge is 0.416 e. The third kappa shape index (κ3) is 4.54. The first-order valence-corrected chi connectivity index (χ1v) is 10.6. The maximum absolute atomic E-state index is 13.0. The molecule has 23 heavy (non-hydrogen) atoms. The molecule has 1 atom stereocenters. The summed E-state index contributed by atoms with van der Waals surface area (Å²) in [6.07, 6.45) is 1.14. The monoisotopic (exact) mass is 420 g/mol. The van der Waals surface area contributed by atoms with Crippen LogP contribution in [0.2, 0.25) is 0 Å². The first kappa shape index (κ1) is 16.9. The zero-order valence-electron chi connectivity index (χ0n) is 12.0. The third-order valence-electron chi connectivity index (χ3n) is 3.60. The van der Waals surface area contributed by atoms with Gasteiger partial charge in [0.1, 0.15) is 5.82 Å². The summed E-state index contributed by atoms with van der Waals surface area (Å²) < 4.78 is 42.2. The van der Waals surface area contributed by atoms with Gasteiger partial charge in [-0.1, -0.05) is 33.8 Å². The number of rotatable bonds is 5. The molecule has 1 fully saturated rings. The fraction of sp³-hybridized carbons (Fsp3) is 0.429. The summed E-state index contributed by atoms with van der Waals surface area (Å²) in [7, 11) is -2.89. The van der Waals surface area contributed by atoms with Crippen LogP contribution in [-0.4, -0.2) is 30.1 Å². The van der Waals surface area contributed by atoms with Crippen LogP contribution < -0.4 is 0 Å². The molecule has 124 valence electrons. The fourth-order valence-electron chi connectivity index (χ4n) is 2.44. The fourth-order valence-corrected chi connectivity index (χ4v) is 5.76. The number of sulfone groups is 1. The van der Waals surface area contributed by atoms with Crippen LogP contribution in [0.1, 0.15) is 17.9 Å². The van der Waals surface area contributed by atoms with Gasteiger partial charge in [0, 0.05) is 16.6 Å². The second-order valence-electron chi connectivity index (χ2n) is 5.46. The summed E-state index contributed by atoms with van der Waals surface area (Å²) in [4.78, 5) is 0. The van der Waals surface area contributed by atoms with Gasteiger partial charge in [0.15, 0.2) is 9.84 Å². The molecule has 0 saturated carbocycles. The number of aromatic nitrogens is 2. The van der Waals surface area contributed by atoms with Gasteiger partial charge in [0.05, 0.1) is 11.5 Å². The average molecular weight is 421 g/mol. The van der Waals surface area contributed by atoms with E-state index in [9.17, 15) is 12.8 Å². The van der Waals surface area contributed by atoms with Gasteiger partial charge in [0.2, 0.25) is 5.89 Å². The molecule has 1 aromatic heterocycles. The van der Waals surface area contributed by atoms with Crippen LogP contribution in [0.5, 0.6) is 0 Å². The third-order valence-corrected chi connectivity index (χ3v) is 7.05. The molecule has 2 heterocycles. The average Bonchev–Trinajstić information content (AvgIpc) is 3.05. The lowest BCUT2D eigenvalue weighted by Crippen LogP contribution is -2.07. The Labute approximate surface area is 146 Å². The van der Waals surface area contributed by atoms with Crippen molar-refractivity contribution in [3.8, 4) is 0 Å². The molecule has 0 radical (unpaired) electrons. The van der Waals surface area contributed by atoms with Crippen molar-refractivity contribution in [2.24, 2.45) is 5.92 Å². The van der Waals surface area contributed by atoms with E-state index >= 15 is 0 Å². The summed E-state index contributed by atoms with van der Waals surface area (Å²) in [5.74, 6) is 1.24. The quantitative estimate of drug-likeness (QED) is 0.691. The highest BCUT2D eigenvalue weighted by molar-refractivity contribution is 9.10. The predicted molar refractivity (Wildman–Crippen MR) is 88.4 cm³/mol. The Morgan fingerprint density at radius 2 is 2.22 bits per heavy atom. The van der Waals surface area contributed by atoms with Crippen molar-refractivity contribution in [1.82, 2.24) is 10.2 Å². The summed E-state index contributed by atoms with van der Waals surface area (Å²) >= 11 is 4.68. The molecule has 0 spiro atoms. The van der Waals surface area contributed by atoms with Crippen LogP contribution in [0.4, 0.5) is 4.39 Å². The molecule has 5 nitrogen and oxygen atoms in total. The Morgan fingerprint density at radius 3 is 2.91 bits per heavy atom. The molecule has 3 rings (SSSR count). The van der Waals surface area contributed by atoms with Crippen molar-refractivity contribution in [1.29, 1.82) is 0 Å². The van der Waals surface area contributed by atoms with Crippen molar-refractivity contribution in [2.45, 2.75) is 23.8 Å². The van der Waals surface area contributed by atoms with E-state index in [1.54, 1.807) is 6.07 Å². The highest BCUT2D eigenvalue weighted by atomic mass is 79.9. The van der Waals surface area contributed by atoms with Gasteiger partial charge in [-0.05, 0) is 30.0 Å². The minimum atomic E-state index is -2.89. The summed E-state index contributed by atoms with van der Waals surface area (Å²) in [5, 5.41) is 8.36. The van der Waals surface area contributed by atoms with Crippen LogP contribution in [0.3, 0.4) is 0 Å². The molecule has 1 aliphatic rings. The first-order chi connectivity index (χ1) is 10.9. The molecule has 0 amide bonds. The number of thioether (sulfide) groups is 1. The van der Waals surface area contributed by atoms with E-state index in [1.807, 2.05) is 0 Å². The smallest absolute Gasteiger partial charge is 0.276 e. The summed E-state index contributed by atoms with van der Waals surface area (Å²) in [6.45, 7) is 0. The van der Waals surface area contributed by atoms with E-state index in [2.05, 4.69) is 26.1 Å².